The molecule has 2 aromatic rings. The molecule has 3 heterocycles. The number of aliphatic hydroxyl groups excluding tert-OH is 1. The third-order valence-corrected chi connectivity index (χ3v) is 5.02. The largest absolute Gasteiger partial charge is 0.485 e. The highest BCUT2D eigenvalue weighted by Crippen LogP contribution is 2.44. The first-order valence-corrected chi connectivity index (χ1v) is 8.01. The number of piperazine rings is 1. The molecule has 2 unspecified atom stereocenters. The summed E-state index contributed by atoms with van der Waals surface area (Å²) in [5, 5.41) is 18.8. The lowest BCUT2D eigenvalue weighted by molar-refractivity contribution is -0.0987. The fourth-order valence-electron chi connectivity index (χ4n) is 3.54. The minimum Gasteiger partial charge on any atom is -0.485 e. The second-order valence-corrected chi connectivity index (χ2v) is 7.08. The highest BCUT2D eigenvalue weighted by atomic mass is 16.6. The Hall–Kier alpha value is -1.70. The molecule has 0 spiro atoms. The van der Waals surface area contributed by atoms with Gasteiger partial charge in [-0.05, 0) is 37.3 Å². The van der Waals surface area contributed by atoms with Crippen LogP contribution in [-0.4, -0.2) is 70.2 Å². The summed E-state index contributed by atoms with van der Waals surface area (Å²) >= 11 is 0. The van der Waals surface area contributed by atoms with Gasteiger partial charge in [-0.25, -0.2) is 4.63 Å². The molecule has 0 bridgehead atoms. The second-order valence-electron chi connectivity index (χ2n) is 7.08. The van der Waals surface area contributed by atoms with Crippen molar-refractivity contribution in [3.8, 4) is 5.75 Å². The Morgan fingerprint density at radius 3 is 2.48 bits per heavy atom. The molecular formula is C16H22N4O3. The van der Waals surface area contributed by atoms with Crippen LogP contribution in [0.3, 0.4) is 0 Å². The van der Waals surface area contributed by atoms with Gasteiger partial charge in [-0.1, -0.05) is 0 Å². The Kier molecular flexibility index (Phi) is 3.33. The van der Waals surface area contributed by atoms with E-state index in [2.05, 4.69) is 27.2 Å². The van der Waals surface area contributed by atoms with Crippen LogP contribution in [0.4, 0.5) is 0 Å². The SMILES string of the molecule is CN1CCN(C2c3cc4nonc4cc3OC(C)(C)C2O)CC1. The van der Waals surface area contributed by atoms with Crippen molar-refractivity contribution in [2.75, 3.05) is 33.2 Å². The number of nitrogens with zero attached hydrogens (tertiary/aromatic N) is 4. The highest BCUT2D eigenvalue weighted by molar-refractivity contribution is 5.77. The van der Waals surface area contributed by atoms with Crippen molar-refractivity contribution < 1.29 is 14.5 Å². The number of likely N-dealkylation sites (N-methyl/N-ethyl adjacent to an activating group) is 1. The smallest absolute Gasteiger partial charge is 0.138 e. The fourth-order valence-corrected chi connectivity index (χ4v) is 3.54. The minimum absolute atomic E-state index is 0.108. The Balaban J connectivity index is 1.80. The Morgan fingerprint density at radius 2 is 1.78 bits per heavy atom. The molecule has 23 heavy (non-hydrogen) atoms. The molecule has 4 rings (SSSR count). The highest BCUT2D eigenvalue weighted by Gasteiger charge is 2.46. The number of aromatic nitrogens is 2. The number of hydrogen-bond acceptors (Lipinski definition) is 7. The first-order chi connectivity index (χ1) is 11.0. The molecule has 1 aromatic carbocycles. The van der Waals surface area contributed by atoms with E-state index in [-0.39, 0.29) is 6.04 Å². The molecule has 1 fully saturated rings. The molecule has 2 aliphatic heterocycles. The topological polar surface area (TPSA) is 74.9 Å². The van der Waals surface area contributed by atoms with Gasteiger partial charge in [0.1, 0.15) is 28.5 Å². The molecule has 0 aliphatic carbocycles. The van der Waals surface area contributed by atoms with E-state index in [1.54, 1.807) is 0 Å². The van der Waals surface area contributed by atoms with Gasteiger partial charge in [-0.3, -0.25) is 4.90 Å². The summed E-state index contributed by atoms with van der Waals surface area (Å²) in [6, 6.07) is 3.68. The van der Waals surface area contributed by atoms with E-state index in [0.717, 1.165) is 37.5 Å². The summed E-state index contributed by atoms with van der Waals surface area (Å²) in [6.07, 6.45) is -0.615. The predicted molar refractivity (Wildman–Crippen MR) is 84.3 cm³/mol. The average molecular weight is 318 g/mol. The number of ether oxygens (including phenoxy) is 1. The predicted octanol–water partition coefficient (Wildman–Crippen LogP) is 1.04. The van der Waals surface area contributed by atoms with Crippen LogP contribution >= 0.6 is 0 Å². The maximum atomic E-state index is 10.9. The van der Waals surface area contributed by atoms with Gasteiger partial charge in [0.25, 0.3) is 0 Å². The van der Waals surface area contributed by atoms with Crippen LogP contribution in [0.2, 0.25) is 0 Å². The van der Waals surface area contributed by atoms with Gasteiger partial charge in [0.15, 0.2) is 0 Å². The summed E-state index contributed by atoms with van der Waals surface area (Å²) in [7, 11) is 2.13. The molecule has 2 atom stereocenters. The molecular weight excluding hydrogens is 296 g/mol. The number of fused-ring (bicyclic) bond motifs is 2. The van der Waals surface area contributed by atoms with Crippen LogP contribution in [0.5, 0.6) is 5.75 Å². The molecule has 0 amide bonds. The molecule has 7 heteroatoms. The summed E-state index contributed by atoms with van der Waals surface area (Å²) < 4.78 is 10.9. The zero-order valence-corrected chi connectivity index (χ0v) is 13.7. The van der Waals surface area contributed by atoms with Crippen molar-refractivity contribution in [2.45, 2.75) is 31.6 Å². The number of rotatable bonds is 1. The van der Waals surface area contributed by atoms with Crippen LogP contribution in [0.25, 0.3) is 11.0 Å². The first kappa shape index (κ1) is 14.9. The fraction of sp³-hybridized carbons (Fsp3) is 0.625. The van der Waals surface area contributed by atoms with Gasteiger partial charge in [0.2, 0.25) is 0 Å². The molecule has 1 N–H and O–H groups in total. The van der Waals surface area contributed by atoms with E-state index in [1.807, 2.05) is 26.0 Å². The van der Waals surface area contributed by atoms with E-state index in [0.29, 0.717) is 11.0 Å². The van der Waals surface area contributed by atoms with Crippen LogP contribution in [0.15, 0.2) is 16.8 Å². The van der Waals surface area contributed by atoms with Crippen molar-refractivity contribution in [2.24, 2.45) is 0 Å². The van der Waals surface area contributed by atoms with Crippen LogP contribution in [-0.2, 0) is 0 Å². The van der Waals surface area contributed by atoms with Crippen molar-refractivity contribution in [3.63, 3.8) is 0 Å². The second kappa shape index (κ2) is 5.15. The van der Waals surface area contributed by atoms with Crippen LogP contribution in [0.1, 0.15) is 25.5 Å². The molecule has 0 saturated carbocycles. The normalized spacial score (nSPS) is 28.5. The van der Waals surface area contributed by atoms with E-state index in [4.69, 9.17) is 9.37 Å². The lowest BCUT2D eigenvalue weighted by Crippen LogP contribution is -2.56. The van der Waals surface area contributed by atoms with Crippen molar-refractivity contribution in [1.82, 2.24) is 20.1 Å². The number of benzene rings is 1. The quantitative estimate of drug-likeness (QED) is 0.842. The van der Waals surface area contributed by atoms with Gasteiger partial charge in [0.05, 0.1) is 6.04 Å². The molecule has 7 nitrogen and oxygen atoms in total. The zero-order valence-electron chi connectivity index (χ0n) is 13.7. The van der Waals surface area contributed by atoms with Gasteiger partial charge >= 0.3 is 0 Å². The van der Waals surface area contributed by atoms with E-state index < -0.39 is 11.7 Å². The standard InChI is InChI=1S/C16H22N4O3/c1-16(2)15(21)14(20-6-4-19(3)5-7-20)10-8-11-12(18-23-17-11)9-13(10)22-16/h8-9,14-15,21H,4-7H2,1-3H3. The monoisotopic (exact) mass is 318 g/mol. The molecule has 124 valence electrons. The van der Waals surface area contributed by atoms with Crippen molar-refractivity contribution >= 4 is 11.0 Å². The van der Waals surface area contributed by atoms with Crippen LogP contribution in [0, 0.1) is 0 Å². The van der Waals surface area contributed by atoms with Gasteiger partial charge in [-0.15, -0.1) is 0 Å². The third-order valence-electron chi connectivity index (χ3n) is 5.02. The maximum absolute atomic E-state index is 10.9. The maximum Gasteiger partial charge on any atom is 0.138 e. The third kappa shape index (κ3) is 2.39. The van der Waals surface area contributed by atoms with Crippen molar-refractivity contribution in [1.29, 1.82) is 0 Å². The Bertz CT molecular complexity index is 721. The summed E-state index contributed by atoms with van der Waals surface area (Å²) in [5.41, 5.74) is 1.67. The Labute approximate surface area is 134 Å². The van der Waals surface area contributed by atoms with Crippen LogP contribution < -0.4 is 4.74 Å². The molecule has 0 radical (unpaired) electrons. The lowest BCUT2D eigenvalue weighted by Gasteiger charge is -2.48. The Morgan fingerprint density at radius 1 is 1.13 bits per heavy atom. The average Bonchev–Trinajstić information content (AvgIpc) is 2.95. The van der Waals surface area contributed by atoms with E-state index >= 15 is 0 Å². The van der Waals surface area contributed by atoms with Crippen molar-refractivity contribution in [3.05, 3.63) is 17.7 Å². The van der Waals surface area contributed by atoms with Gasteiger partial charge in [0, 0.05) is 37.8 Å². The molecule has 1 saturated heterocycles. The summed E-state index contributed by atoms with van der Waals surface area (Å²) in [5.74, 6) is 0.757. The number of hydrogen-bond donors (Lipinski definition) is 1. The lowest BCUT2D eigenvalue weighted by atomic mass is 9.85. The first-order valence-electron chi connectivity index (χ1n) is 8.01. The molecule has 1 aromatic heterocycles. The molecule has 2 aliphatic rings. The minimum atomic E-state index is -0.661. The van der Waals surface area contributed by atoms with E-state index in [9.17, 15) is 5.11 Å². The summed E-state index contributed by atoms with van der Waals surface area (Å²) in [6.45, 7) is 7.68. The van der Waals surface area contributed by atoms with Gasteiger partial charge < -0.3 is 14.7 Å². The summed E-state index contributed by atoms with van der Waals surface area (Å²) in [4.78, 5) is 4.64. The zero-order chi connectivity index (χ0) is 16.2. The number of aliphatic hydroxyl groups is 1. The van der Waals surface area contributed by atoms with Gasteiger partial charge in [-0.2, -0.15) is 0 Å². The van der Waals surface area contributed by atoms with E-state index in [1.165, 1.54) is 0 Å².